The van der Waals surface area contributed by atoms with Gasteiger partial charge in [-0.15, -0.1) is 0 Å². The Morgan fingerprint density at radius 1 is 1.05 bits per heavy atom. The molecule has 0 aliphatic rings. The molecule has 0 radical (unpaired) electrons. The average molecular weight is 295 g/mol. The van der Waals surface area contributed by atoms with Crippen LogP contribution in [-0.2, 0) is 0 Å². The molecule has 0 aliphatic carbocycles. The van der Waals surface area contributed by atoms with E-state index in [9.17, 15) is 0 Å². The number of para-hydroxylation sites is 2. The molecule has 22 heavy (non-hydrogen) atoms. The fourth-order valence-electron chi connectivity index (χ4n) is 2.34. The molecule has 5 heteroatoms. The number of aryl methyl sites for hydroxylation is 1. The predicted molar refractivity (Wildman–Crippen MR) is 87.0 cm³/mol. The third-order valence-electron chi connectivity index (χ3n) is 3.43. The third-order valence-corrected chi connectivity index (χ3v) is 3.43. The van der Waals surface area contributed by atoms with Crippen LogP contribution in [0.4, 0.5) is 0 Å². The van der Waals surface area contributed by atoms with Crippen molar-refractivity contribution in [3.63, 3.8) is 0 Å². The summed E-state index contributed by atoms with van der Waals surface area (Å²) in [6.45, 7) is 1.94. The molecule has 0 fully saturated rings. The van der Waals surface area contributed by atoms with E-state index < -0.39 is 0 Å². The maximum Gasteiger partial charge on any atom is 0.161 e. The van der Waals surface area contributed by atoms with Gasteiger partial charge in [0, 0.05) is 0 Å². The maximum absolute atomic E-state index is 5.30. The Morgan fingerprint density at radius 3 is 2.59 bits per heavy atom. The Hall–Kier alpha value is -2.82. The molecule has 1 heterocycles. The first kappa shape index (κ1) is 14.1. The predicted octanol–water partition coefficient (Wildman–Crippen LogP) is 3.24. The number of hydrogen-bond donors (Lipinski definition) is 0. The number of rotatable bonds is 4. The van der Waals surface area contributed by atoms with Crippen LogP contribution in [-0.4, -0.2) is 30.1 Å². The molecule has 3 rings (SSSR count). The van der Waals surface area contributed by atoms with Crippen LogP contribution in [0.2, 0.25) is 0 Å². The van der Waals surface area contributed by atoms with Crippen molar-refractivity contribution in [2.45, 2.75) is 6.92 Å². The van der Waals surface area contributed by atoms with Crippen molar-refractivity contribution in [1.29, 1.82) is 0 Å². The van der Waals surface area contributed by atoms with Crippen LogP contribution in [0.1, 0.15) is 11.4 Å². The lowest BCUT2D eigenvalue weighted by atomic mass is 10.2. The van der Waals surface area contributed by atoms with Gasteiger partial charge in [0.15, 0.2) is 11.5 Å². The van der Waals surface area contributed by atoms with Crippen molar-refractivity contribution in [1.82, 2.24) is 9.66 Å². The molecule has 2 aromatic carbocycles. The lowest BCUT2D eigenvalue weighted by Crippen LogP contribution is -1.95. The largest absolute Gasteiger partial charge is 0.493 e. The number of aromatic nitrogens is 2. The number of hydrogen-bond acceptors (Lipinski definition) is 4. The summed E-state index contributed by atoms with van der Waals surface area (Å²) in [5.41, 5.74) is 2.84. The van der Waals surface area contributed by atoms with Crippen LogP contribution in [0.5, 0.6) is 11.5 Å². The minimum absolute atomic E-state index is 0.679. The van der Waals surface area contributed by atoms with Crippen molar-refractivity contribution >= 4 is 17.2 Å². The Kier molecular flexibility index (Phi) is 3.78. The highest BCUT2D eigenvalue weighted by molar-refractivity contribution is 5.82. The molecule has 0 aliphatic heterocycles. The first-order valence-corrected chi connectivity index (χ1v) is 6.93. The zero-order chi connectivity index (χ0) is 15.5. The number of nitrogens with zero attached hydrogens (tertiary/aromatic N) is 3. The lowest BCUT2D eigenvalue weighted by Gasteiger charge is -2.07. The Labute approximate surface area is 128 Å². The lowest BCUT2D eigenvalue weighted by molar-refractivity contribution is 0.355. The standard InChI is InChI=1S/C17H17N3O2/c1-12-19-14-6-4-5-7-15(14)20(12)18-11-13-8-9-16(21-2)17(10-13)22-3/h4-11H,1-3H3/b18-11-. The molecule has 112 valence electrons. The number of benzene rings is 2. The molecular formula is C17H17N3O2. The van der Waals surface area contributed by atoms with E-state index in [0.29, 0.717) is 11.5 Å². The van der Waals surface area contributed by atoms with Crippen LogP contribution in [0.3, 0.4) is 0 Å². The highest BCUT2D eigenvalue weighted by Gasteiger charge is 2.06. The number of methoxy groups -OCH3 is 2. The third kappa shape index (κ3) is 2.53. The summed E-state index contributed by atoms with van der Waals surface area (Å²) in [4.78, 5) is 4.49. The minimum Gasteiger partial charge on any atom is -0.493 e. The molecule has 0 unspecified atom stereocenters. The Balaban J connectivity index is 1.98. The van der Waals surface area contributed by atoms with Gasteiger partial charge in [-0.2, -0.15) is 5.10 Å². The quantitative estimate of drug-likeness (QED) is 0.694. The zero-order valence-corrected chi connectivity index (χ0v) is 12.8. The monoisotopic (exact) mass is 295 g/mol. The first-order valence-electron chi connectivity index (χ1n) is 6.93. The summed E-state index contributed by atoms with van der Waals surface area (Å²) in [6, 6.07) is 13.6. The molecule has 0 atom stereocenters. The van der Waals surface area contributed by atoms with Gasteiger partial charge in [-0.3, -0.25) is 0 Å². The van der Waals surface area contributed by atoms with Gasteiger partial charge >= 0.3 is 0 Å². The van der Waals surface area contributed by atoms with E-state index in [-0.39, 0.29) is 0 Å². The molecule has 0 N–H and O–H groups in total. The molecule has 0 saturated heterocycles. The molecule has 0 saturated carbocycles. The zero-order valence-electron chi connectivity index (χ0n) is 12.8. The van der Waals surface area contributed by atoms with E-state index in [2.05, 4.69) is 10.1 Å². The second kappa shape index (κ2) is 5.89. The summed E-state index contributed by atoms with van der Waals surface area (Å²) in [5, 5.41) is 4.53. The van der Waals surface area contributed by atoms with Crippen LogP contribution in [0.15, 0.2) is 47.6 Å². The summed E-state index contributed by atoms with van der Waals surface area (Å²) in [5.74, 6) is 2.22. The minimum atomic E-state index is 0.679. The van der Waals surface area contributed by atoms with Crippen molar-refractivity contribution in [3.8, 4) is 11.5 Å². The van der Waals surface area contributed by atoms with Crippen LogP contribution in [0.25, 0.3) is 11.0 Å². The summed E-state index contributed by atoms with van der Waals surface area (Å²) in [6.07, 6.45) is 1.78. The van der Waals surface area contributed by atoms with E-state index in [1.54, 1.807) is 20.4 Å². The Bertz CT molecular complexity index is 837. The highest BCUT2D eigenvalue weighted by atomic mass is 16.5. The van der Waals surface area contributed by atoms with Crippen molar-refractivity contribution in [2.75, 3.05) is 14.2 Å². The fraction of sp³-hybridized carbons (Fsp3) is 0.176. The van der Waals surface area contributed by atoms with Crippen LogP contribution in [0, 0.1) is 6.92 Å². The summed E-state index contributed by atoms with van der Waals surface area (Å²) >= 11 is 0. The number of fused-ring (bicyclic) bond motifs is 1. The normalized spacial score (nSPS) is 11.2. The first-order chi connectivity index (χ1) is 10.7. The molecular weight excluding hydrogens is 278 g/mol. The van der Waals surface area contributed by atoms with E-state index in [0.717, 1.165) is 22.4 Å². The molecule has 0 amide bonds. The molecule has 3 aromatic rings. The van der Waals surface area contributed by atoms with E-state index in [1.807, 2.05) is 54.1 Å². The molecule has 0 bridgehead atoms. The number of ether oxygens (including phenoxy) is 2. The summed E-state index contributed by atoms with van der Waals surface area (Å²) in [7, 11) is 3.24. The highest BCUT2D eigenvalue weighted by Crippen LogP contribution is 2.27. The Morgan fingerprint density at radius 2 is 1.82 bits per heavy atom. The van der Waals surface area contributed by atoms with Gasteiger partial charge in [0.25, 0.3) is 0 Å². The topological polar surface area (TPSA) is 48.6 Å². The van der Waals surface area contributed by atoms with Crippen LogP contribution >= 0.6 is 0 Å². The molecule has 1 aromatic heterocycles. The van der Waals surface area contributed by atoms with E-state index in [1.165, 1.54) is 0 Å². The second-order valence-electron chi connectivity index (χ2n) is 4.82. The molecule has 0 spiro atoms. The van der Waals surface area contributed by atoms with E-state index >= 15 is 0 Å². The fourth-order valence-corrected chi connectivity index (χ4v) is 2.34. The van der Waals surface area contributed by atoms with Crippen molar-refractivity contribution < 1.29 is 9.47 Å². The smallest absolute Gasteiger partial charge is 0.161 e. The van der Waals surface area contributed by atoms with Crippen molar-refractivity contribution in [3.05, 3.63) is 53.9 Å². The summed E-state index contributed by atoms with van der Waals surface area (Å²) < 4.78 is 12.4. The maximum atomic E-state index is 5.30. The van der Waals surface area contributed by atoms with Crippen molar-refractivity contribution in [2.24, 2.45) is 5.10 Å². The second-order valence-corrected chi connectivity index (χ2v) is 4.82. The van der Waals surface area contributed by atoms with Crippen LogP contribution < -0.4 is 9.47 Å². The van der Waals surface area contributed by atoms with Gasteiger partial charge in [0.05, 0.1) is 31.5 Å². The number of imidazole rings is 1. The SMILES string of the molecule is COc1ccc(/C=N\n2c(C)nc3ccccc32)cc1OC. The molecule has 5 nitrogen and oxygen atoms in total. The van der Waals surface area contributed by atoms with Gasteiger partial charge in [0.1, 0.15) is 5.82 Å². The van der Waals surface area contributed by atoms with Gasteiger partial charge in [-0.05, 0) is 42.8 Å². The van der Waals surface area contributed by atoms with Gasteiger partial charge in [-0.1, -0.05) is 12.1 Å². The average Bonchev–Trinajstić information content (AvgIpc) is 2.87. The van der Waals surface area contributed by atoms with Gasteiger partial charge in [0.2, 0.25) is 0 Å². The van der Waals surface area contributed by atoms with Gasteiger partial charge < -0.3 is 9.47 Å². The van der Waals surface area contributed by atoms with Gasteiger partial charge in [-0.25, -0.2) is 9.66 Å². The van der Waals surface area contributed by atoms with E-state index in [4.69, 9.17) is 9.47 Å².